The Morgan fingerprint density at radius 2 is 2.30 bits per heavy atom. The van der Waals surface area contributed by atoms with Crippen molar-refractivity contribution in [3.05, 3.63) is 26.5 Å². The van der Waals surface area contributed by atoms with E-state index in [9.17, 15) is 4.79 Å². The van der Waals surface area contributed by atoms with Gasteiger partial charge in [-0.05, 0) is 13.0 Å². The second kappa shape index (κ2) is 6.13. The maximum Gasteiger partial charge on any atom is 0.261 e. The van der Waals surface area contributed by atoms with E-state index in [4.69, 9.17) is 28.9 Å². The van der Waals surface area contributed by atoms with Crippen LogP contribution >= 0.6 is 34.5 Å². The average molecular weight is 333 g/mol. The van der Waals surface area contributed by atoms with Crippen molar-refractivity contribution in [2.45, 2.75) is 13.0 Å². The molecule has 0 aromatic carbocycles. The van der Waals surface area contributed by atoms with Gasteiger partial charge in [-0.1, -0.05) is 23.2 Å². The number of nitrogens with one attached hydrogen (secondary N) is 1. The normalized spacial score (nSPS) is 12.4. The van der Waals surface area contributed by atoms with Crippen LogP contribution < -0.4 is 11.1 Å². The van der Waals surface area contributed by atoms with Gasteiger partial charge in [-0.3, -0.25) is 9.48 Å². The molecule has 0 saturated heterocycles. The number of thiophene rings is 1. The standard InChI is InChI=1S/C12H14Cl2N4OS/c1-6(4-15)17-12(19)9-3-7(11(14)20-9)10-8(13)5-16-18(10)2/h3,5-6H,4,15H2,1-2H3,(H,17,19)/t6-/m0/s1. The van der Waals surface area contributed by atoms with Crippen LogP contribution in [0.25, 0.3) is 11.3 Å². The first-order valence-corrected chi connectivity index (χ1v) is 7.49. The smallest absolute Gasteiger partial charge is 0.261 e. The van der Waals surface area contributed by atoms with E-state index >= 15 is 0 Å². The van der Waals surface area contributed by atoms with Crippen molar-refractivity contribution in [1.82, 2.24) is 15.1 Å². The van der Waals surface area contributed by atoms with E-state index < -0.39 is 0 Å². The summed E-state index contributed by atoms with van der Waals surface area (Å²) >= 11 is 13.5. The predicted molar refractivity (Wildman–Crippen MR) is 82.5 cm³/mol. The molecule has 1 atom stereocenters. The van der Waals surface area contributed by atoms with Crippen molar-refractivity contribution in [3.8, 4) is 11.3 Å². The quantitative estimate of drug-likeness (QED) is 0.903. The first kappa shape index (κ1) is 15.3. The molecule has 0 radical (unpaired) electrons. The van der Waals surface area contributed by atoms with Crippen molar-refractivity contribution < 1.29 is 4.79 Å². The lowest BCUT2D eigenvalue weighted by atomic mass is 10.2. The lowest BCUT2D eigenvalue weighted by Crippen LogP contribution is -2.37. The number of halogens is 2. The van der Waals surface area contributed by atoms with Gasteiger partial charge in [0, 0.05) is 25.2 Å². The van der Waals surface area contributed by atoms with E-state index in [1.54, 1.807) is 24.0 Å². The summed E-state index contributed by atoms with van der Waals surface area (Å²) in [5.74, 6) is -0.195. The first-order valence-electron chi connectivity index (χ1n) is 5.92. The fraction of sp³-hybridized carbons (Fsp3) is 0.333. The molecule has 0 aliphatic rings. The maximum atomic E-state index is 12.0. The average Bonchev–Trinajstić information content (AvgIpc) is 2.93. The summed E-state index contributed by atoms with van der Waals surface area (Å²) in [4.78, 5) is 12.6. The number of carbonyl (C=O) groups excluding carboxylic acids is 1. The third kappa shape index (κ3) is 2.98. The molecule has 2 aromatic rings. The fourth-order valence-corrected chi connectivity index (χ4v) is 3.16. The number of carbonyl (C=O) groups is 1. The summed E-state index contributed by atoms with van der Waals surface area (Å²) < 4.78 is 2.13. The van der Waals surface area contributed by atoms with Crippen molar-refractivity contribution in [3.63, 3.8) is 0 Å². The van der Waals surface area contributed by atoms with Gasteiger partial charge in [0.25, 0.3) is 5.91 Å². The molecule has 3 N–H and O–H groups in total. The second-order valence-electron chi connectivity index (χ2n) is 4.37. The number of nitrogens with two attached hydrogens (primary N) is 1. The number of hydrogen-bond acceptors (Lipinski definition) is 4. The molecule has 108 valence electrons. The molecular weight excluding hydrogens is 319 g/mol. The Labute approximate surface area is 130 Å². The van der Waals surface area contributed by atoms with Crippen LogP contribution in [-0.4, -0.2) is 28.3 Å². The van der Waals surface area contributed by atoms with Crippen LogP contribution in [0.3, 0.4) is 0 Å². The van der Waals surface area contributed by atoms with Crippen LogP contribution in [0.4, 0.5) is 0 Å². The molecule has 0 spiro atoms. The van der Waals surface area contributed by atoms with Gasteiger partial charge in [-0.25, -0.2) is 0 Å². The Morgan fingerprint density at radius 3 is 2.85 bits per heavy atom. The third-order valence-electron chi connectivity index (χ3n) is 2.79. The largest absolute Gasteiger partial charge is 0.348 e. The summed E-state index contributed by atoms with van der Waals surface area (Å²) in [5, 5.41) is 7.35. The highest BCUT2D eigenvalue weighted by Crippen LogP contribution is 2.38. The van der Waals surface area contributed by atoms with Gasteiger partial charge in [0.05, 0.1) is 21.8 Å². The molecule has 20 heavy (non-hydrogen) atoms. The molecule has 0 bridgehead atoms. The van der Waals surface area contributed by atoms with Crippen LogP contribution in [0, 0.1) is 0 Å². The Morgan fingerprint density at radius 1 is 1.60 bits per heavy atom. The van der Waals surface area contributed by atoms with Crippen molar-refractivity contribution in [1.29, 1.82) is 0 Å². The van der Waals surface area contributed by atoms with Crippen LogP contribution in [0.2, 0.25) is 9.36 Å². The lowest BCUT2D eigenvalue weighted by Gasteiger charge is -2.09. The zero-order chi connectivity index (χ0) is 14.9. The molecule has 0 unspecified atom stereocenters. The van der Waals surface area contributed by atoms with Crippen molar-refractivity contribution >= 4 is 40.4 Å². The molecular formula is C12H14Cl2N4OS. The molecule has 0 aliphatic carbocycles. The Bertz CT molecular complexity index is 618. The number of hydrogen-bond donors (Lipinski definition) is 2. The summed E-state index contributed by atoms with van der Waals surface area (Å²) in [6.07, 6.45) is 1.54. The van der Waals surface area contributed by atoms with Gasteiger partial charge in [0.2, 0.25) is 0 Å². The molecule has 5 nitrogen and oxygen atoms in total. The van der Waals surface area contributed by atoms with Crippen LogP contribution in [0.5, 0.6) is 0 Å². The topological polar surface area (TPSA) is 72.9 Å². The van der Waals surface area contributed by atoms with E-state index in [1.807, 2.05) is 6.92 Å². The number of rotatable bonds is 4. The van der Waals surface area contributed by atoms with Gasteiger partial charge in [-0.2, -0.15) is 5.10 Å². The highest BCUT2D eigenvalue weighted by Gasteiger charge is 2.19. The highest BCUT2D eigenvalue weighted by molar-refractivity contribution is 7.18. The Kier molecular flexibility index (Phi) is 4.70. The summed E-state index contributed by atoms with van der Waals surface area (Å²) in [5.41, 5.74) is 6.88. The zero-order valence-corrected chi connectivity index (χ0v) is 13.3. The van der Waals surface area contributed by atoms with Gasteiger partial charge in [-0.15, -0.1) is 11.3 Å². The number of aromatic nitrogens is 2. The van der Waals surface area contributed by atoms with E-state index in [1.165, 1.54) is 11.3 Å². The van der Waals surface area contributed by atoms with Crippen molar-refractivity contribution in [2.24, 2.45) is 12.8 Å². The number of nitrogens with zero attached hydrogens (tertiary/aromatic N) is 2. The van der Waals surface area contributed by atoms with Gasteiger partial charge in [0.1, 0.15) is 4.34 Å². The predicted octanol–water partition coefficient (Wildman–Crippen LogP) is 2.53. The molecule has 8 heteroatoms. The van der Waals surface area contributed by atoms with Gasteiger partial charge in [0.15, 0.2) is 0 Å². The highest BCUT2D eigenvalue weighted by atomic mass is 35.5. The third-order valence-corrected chi connectivity index (χ3v) is 4.42. The Balaban J connectivity index is 2.33. The molecule has 0 saturated carbocycles. The first-order chi connectivity index (χ1) is 9.43. The van der Waals surface area contributed by atoms with Gasteiger partial charge < -0.3 is 11.1 Å². The fourth-order valence-electron chi connectivity index (χ4n) is 1.71. The summed E-state index contributed by atoms with van der Waals surface area (Å²) in [6, 6.07) is 1.63. The minimum absolute atomic E-state index is 0.0906. The minimum atomic E-state index is -0.195. The number of aryl methyl sites for hydroxylation is 1. The van der Waals surface area contributed by atoms with E-state index in [0.29, 0.717) is 32.0 Å². The van der Waals surface area contributed by atoms with E-state index in [0.717, 1.165) is 0 Å². The number of amides is 1. The molecule has 0 fully saturated rings. The zero-order valence-electron chi connectivity index (χ0n) is 11.0. The van der Waals surface area contributed by atoms with Crippen molar-refractivity contribution in [2.75, 3.05) is 6.54 Å². The summed E-state index contributed by atoms with van der Waals surface area (Å²) in [7, 11) is 1.77. The van der Waals surface area contributed by atoms with Crippen LogP contribution in [0.15, 0.2) is 12.3 Å². The monoisotopic (exact) mass is 332 g/mol. The molecule has 0 aliphatic heterocycles. The van der Waals surface area contributed by atoms with Crippen LogP contribution in [-0.2, 0) is 7.05 Å². The SMILES string of the molecule is C[C@@H](CN)NC(=O)c1cc(-c2c(Cl)cnn2C)c(Cl)s1. The second-order valence-corrected chi connectivity index (χ2v) is 6.43. The summed E-state index contributed by atoms with van der Waals surface area (Å²) in [6.45, 7) is 2.22. The lowest BCUT2D eigenvalue weighted by molar-refractivity contribution is 0.0945. The minimum Gasteiger partial charge on any atom is -0.348 e. The van der Waals surface area contributed by atoms with Gasteiger partial charge >= 0.3 is 0 Å². The molecule has 2 aromatic heterocycles. The molecule has 2 heterocycles. The molecule has 2 rings (SSSR count). The van der Waals surface area contributed by atoms with E-state index in [-0.39, 0.29) is 11.9 Å². The maximum absolute atomic E-state index is 12.0. The Hall–Kier alpha value is -1.08. The van der Waals surface area contributed by atoms with E-state index in [2.05, 4.69) is 10.4 Å². The van der Waals surface area contributed by atoms with Crippen LogP contribution in [0.1, 0.15) is 16.6 Å². The molecule has 1 amide bonds.